The summed E-state index contributed by atoms with van der Waals surface area (Å²) >= 11 is 0. The van der Waals surface area contributed by atoms with Crippen molar-refractivity contribution in [3.05, 3.63) is 0 Å². The lowest BCUT2D eigenvalue weighted by atomic mass is 10.4. The van der Waals surface area contributed by atoms with Crippen LogP contribution in [-0.2, 0) is 4.74 Å². The van der Waals surface area contributed by atoms with E-state index >= 15 is 0 Å². The largest absolute Gasteiger partial charge is 0.381 e. The summed E-state index contributed by atoms with van der Waals surface area (Å²) in [4.78, 5) is 0. The van der Waals surface area contributed by atoms with Gasteiger partial charge in [0.05, 0.1) is 6.07 Å². The minimum absolute atomic E-state index is 1.00. The average molecular weight is 113 g/mol. The van der Waals surface area contributed by atoms with Crippen molar-refractivity contribution >= 4 is 0 Å². The molecule has 1 aliphatic heterocycles. The first kappa shape index (κ1) is 7.45. The number of rotatable bonds is 0. The van der Waals surface area contributed by atoms with Gasteiger partial charge < -0.3 is 4.74 Å². The fourth-order valence-corrected chi connectivity index (χ4v) is 0.510. The predicted molar refractivity (Wildman–Crippen MR) is 31.3 cm³/mol. The predicted octanol–water partition coefficient (Wildman–Crippen LogP) is 1.33. The number of ether oxygens (including phenoxy) is 1. The number of nitriles is 1. The summed E-state index contributed by atoms with van der Waals surface area (Å²) in [6.45, 7) is 3.43. The van der Waals surface area contributed by atoms with Gasteiger partial charge in [0.2, 0.25) is 0 Å². The molecular formula is C6H11NO. The van der Waals surface area contributed by atoms with Gasteiger partial charge in [-0.05, 0) is 12.8 Å². The highest BCUT2D eigenvalue weighted by Crippen LogP contribution is 1.98. The molecule has 0 aromatic heterocycles. The highest BCUT2D eigenvalue weighted by atomic mass is 16.5. The van der Waals surface area contributed by atoms with Gasteiger partial charge >= 0.3 is 0 Å². The van der Waals surface area contributed by atoms with Crippen LogP contribution in [0.4, 0.5) is 0 Å². The maximum absolute atomic E-state index is 7.32. The van der Waals surface area contributed by atoms with Crippen LogP contribution in [0.3, 0.4) is 0 Å². The third kappa shape index (κ3) is 5.45. The van der Waals surface area contributed by atoms with E-state index in [-0.39, 0.29) is 0 Å². The second-order valence-electron chi connectivity index (χ2n) is 1.54. The second-order valence-corrected chi connectivity index (χ2v) is 1.54. The monoisotopic (exact) mass is 113 g/mol. The van der Waals surface area contributed by atoms with Crippen LogP contribution in [0.1, 0.15) is 19.8 Å². The highest BCUT2D eigenvalue weighted by molar-refractivity contribution is 4.51. The van der Waals surface area contributed by atoms with Crippen molar-refractivity contribution in [3.8, 4) is 6.07 Å². The van der Waals surface area contributed by atoms with Crippen molar-refractivity contribution in [1.82, 2.24) is 0 Å². The van der Waals surface area contributed by atoms with E-state index in [1.54, 1.807) is 6.07 Å². The first-order valence-corrected chi connectivity index (χ1v) is 2.80. The van der Waals surface area contributed by atoms with E-state index in [4.69, 9.17) is 10.00 Å². The zero-order valence-electron chi connectivity index (χ0n) is 5.18. The fraction of sp³-hybridized carbons (Fsp3) is 0.833. The number of nitrogens with zero attached hydrogens (tertiary/aromatic N) is 1. The van der Waals surface area contributed by atoms with Crippen LogP contribution in [0.25, 0.3) is 0 Å². The van der Waals surface area contributed by atoms with Gasteiger partial charge in [0.15, 0.2) is 0 Å². The van der Waals surface area contributed by atoms with E-state index in [0.717, 1.165) is 13.2 Å². The summed E-state index contributed by atoms with van der Waals surface area (Å²) in [7, 11) is 0. The van der Waals surface area contributed by atoms with Gasteiger partial charge in [-0.2, -0.15) is 5.26 Å². The quantitative estimate of drug-likeness (QED) is 0.474. The Morgan fingerprint density at radius 3 is 1.88 bits per heavy atom. The molecule has 1 heterocycles. The number of hydrogen-bond acceptors (Lipinski definition) is 2. The van der Waals surface area contributed by atoms with Crippen molar-refractivity contribution in [2.24, 2.45) is 0 Å². The molecule has 2 heteroatoms. The smallest absolute Gasteiger partial charge is 0.0587 e. The molecule has 2 nitrogen and oxygen atoms in total. The van der Waals surface area contributed by atoms with Gasteiger partial charge in [0.1, 0.15) is 0 Å². The molecule has 0 bridgehead atoms. The first-order chi connectivity index (χ1) is 3.91. The Balaban J connectivity index is 0.000000145. The van der Waals surface area contributed by atoms with E-state index in [2.05, 4.69) is 0 Å². The molecule has 0 aromatic rings. The van der Waals surface area contributed by atoms with E-state index in [9.17, 15) is 0 Å². The summed E-state index contributed by atoms with van der Waals surface area (Å²) < 4.78 is 4.94. The van der Waals surface area contributed by atoms with E-state index in [1.165, 1.54) is 19.8 Å². The summed E-state index contributed by atoms with van der Waals surface area (Å²) in [5.41, 5.74) is 0. The van der Waals surface area contributed by atoms with Crippen LogP contribution in [0.15, 0.2) is 0 Å². The lowest BCUT2D eigenvalue weighted by molar-refractivity contribution is 0.198. The zero-order chi connectivity index (χ0) is 6.24. The Morgan fingerprint density at radius 1 is 1.38 bits per heavy atom. The summed E-state index contributed by atoms with van der Waals surface area (Å²) in [6.07, 6.45) is 2.56. The van der Waals surface area contributed by atoms with Gasteiger partial charge in [-0.15, -0.1) is 0 Å². The maximum Gasteiger partial charge on any atom is 0.0587 e. The molecule has 0 radical (unpaired) electrons. The van der Waals surface area contributed by atoms with Crippen molar-refractivity contribution < 1.29 is 4.74 Å². The molecule has 1 fully saturated rings. The lowest BCUT2D eigenvalue weighted by Crippen LogP contribution is -1.74. The third-order valence-corrected chi connectivity index (χ3v) is 0.827. The Morgan fingerprint density at radius 2 is 1.75 bits per heavy atom. The molecule has 0 aliphatic carbocycles. The average Bonchev–Trinajstić information content (AvgIpc) is 2.17. The van der Waals surface area contributed by atoms with Crippen molar-refractivity contribution in [1.29, 1.82) is 5.26 Å². The van der Waals surface area contributed by atoms with Gasteiger partial charge in [-0.3, -0.25) is 0 Å². The van der Waals surface area contributed by atoms with E-state index < -0.39 is 0 Å². The zero-order valence-corrected chi connectivity index (χ0v) is 5.18. The molecule has 8 heavy (non-hydrogen) atoms. The van der Waals surface area contributed by atoms with Crippen molar-refractivity contribution in [2.45, 2.75) is 19.8 Å². The normalized spacial score (nSPS) is 16.0. The standard InChI is InChI=1S/C4H8O.C2H3N/c1-2-4-5-3-1;1-2-3/h1-4H2;1H3. The minimum Gasteiger partial charge on any atom is -0.381 e. The van der Waals surface area contributed by atoms with Crippen LogP contribution in [-0.4, -0.2) is 13.2 Å². The summed E-state index contributed by atoms with van der Waals surface area (Å²) in [6, 6.07) is 1.75. The van der Waals surface area contributed by atoms with Crippen LogP contribution in [0.5, 0.6) is 0 Å². The molecule has 1 rings (SSSR count). The molecule has 0 N–H and O–H groups in total. The van der Waals surface area contributed by atoms with Gasteiger partial charge in [-0.25, -0.2) is 0 Å². The Bertz CT molecular complexity index is 63.5. The fourth-order valence-electron chi connectivity index (χ4n) is 0.510. The van der Waals surface area contributed by atoms with Crippen LogP contribution >= 0.6 is 0 Å². The SMILES string of the molecule is C1CCOC1.CC#N. The van der Waals surface area contributed by atoms with Crippen molar-refractivity contribution in [2.75, 3.05) is 13.2 Å². The Hall–Kier alpha value is -0.550. The lowest BCUT2D eigenvalue weighted by Gasteiger charge is -1.76. The van der Waals surface area contributed by atoms with E-state index in [0.29, 0.717) is 0 Å². The van der Waals surface area contributed by atoms with E-state index in [1.807, 2.05) is 0 Å². The number of hydrogen-bond donors (Lipinski definition) is 0. The summed E-state index contributed by atoms with van der Waals surface area (Å²) in [5.74, 6) is 0. The molecule has 0 aromatic carbocycles. The molecule has 0 atom stereocenters. The van der Waals surface area contributed by atoms with Crippen molar-refractivity contribution in [3.63, 3.8) is 0 Å². The Kier molecular flexibility index (Phi) is 6.01. The Labute approximate surface area is 50.1 Å². The van der Waals surface area contributed by atoms with Gasteiger partial charge in [0.25, 0.3) is 0 Å². The molecule has 0 saturated carbocycles. The molecule has 1 aliphatic rings. The van der Waals surface area contributed by atoms with Gasteiger partial charge in [-0.1, -0.05) is 0 Å². The second kappa shape index (κ2) is 6.45. The highest BCUT2D eigenvalue weighted by Gasteiger charge is 1.94. The molecule has 1 saturated heterocycles. The summed E-state index contributed by atoms with van der Waals surface area (Å²) in [5, 5.41) is 7.32. The maximum atomic E-state index is 7.32. The topological polar surface area (TPSA) is 33.0 Å². The molecule has 0 amide bonds. The molecule has 0 unspecified atom stereocenters. The molecule has 0 spiro atoms. The van der Waals surface area contributed by atoms with Crippen LogP contribution in [0.2, 0.25) is 0 Å². The molecule has 46 valence electrons. The third-order valence-electron chi connectivity index (χ3n) is 0.827. The first-order valence-electron chi connectivity index (χ1n) is 2.80. The molecular weight excluding hydrogens is 102 g/mol. The van der Waals surface area contributed by atoms with Gasteiger partial charge in [0, 0.05) is 20.1 Å². The minimum atomic E-state index is 1.00. The van der Waals surface area contributed by atoms with Crippen LogP contribution < -0.4 is 0 Å². The van der Waals surface area contributed by atoms with Crippen LogP contribution in [0, 0.1) is 11.3 Å².